The van der Waals surface area contributed by atoms with Crippen LogP contribution in [-0.2, 0) is 0 Å². The lowest BCUT2D eigenvalue weighted by Gasteiger charge is -2.11. The van der Waals surface area contributed by atoms with E-state index in [1.807, 2.05) is 43.4 Å². The predicted molar refractivity (Wildman–Crippen MR) is 95.5 cm³/mol. The average Bonchev–Trinajstić information content (AvgIpc) is 2.91. The monoisotopic (exact) mass is 392 g/mol. The van der Waals surface area contributed by atoms with Crippen LogP contribution in [0.4, 0.5) is 0 Å². The number of halogens is 2. The van der Waals surface area contributed by atoms with E-state index in [9.17, 15) is 0 Å². The maximum absolute atomic E-state index is 5.92. The third-order valence-electron chi connectivity index (χ3n) is 2.98. The van der Waals surface area contributed by atoms with E-state index in [-0.39, 0.29) is 0 Å². The SMILES string of the molecule is CN(C)/C=C(\Oc1ccc(Cl)cc1)c1nc2ccc(Br)cc2o1. The lowest BCUT2D eigenvalue weighted by atomic mass is 10.3. The van der Waals surface area contributed by atoms with Gasteiger partial charge in [-0.05, 0) is 42.5 Å². The Bertz CT molecular complexity index is 857. The van der Waals surface area contributed by atoms with Crippen LogP contribution in [-0.4, -0.2) is 24.0 Å². The lowest BCUT2D eigenvalue weighted by Crippen LogP contribution is -2.06. The molecule has 0 radical (unpaired) electrons. The number of hydrogen-bond donors (Lipinski definition) is 0. The first-order valence-corrected chi connectivity index (χ1v) is 8.06. The van der Waals surface area contributed by atoms with Crippen LogP contribution < -0.4 is 4.74 Å². The van der Waals surface area contributed by atoms with Crippen molar-refractivity contribution < 1.29 is 9.15 Å². The molecule has 2 aromatic carbocycles. The zero-order chi connectivity index (χ0) is 16.4. The number of ether oxygens (including phenoxy) is 1. The van der Waals surface area contributed by atoms with Gasteiger partial charge in [0.25, 0.3) is 5.89 Å². The maximum atomic E-state index is 5.92. The molecule has 0 amide bonds. The van der Waals surface area contributed by atoms with E-state index in [1.165, 1.54) is 0 Å². The summed E-state index contributed by atoms with van der Waals surface area (Å²) in [7, 11) is 3.81. The molecule has 0 saturated carbocycles. The van der Waals surface area contributed by atoms with Gasteiger partial charge < -0.3 is 14.1 Å². The van der Waals surface area contributed by atoms with E-state index in [2.05, 4.69) is 20.9 Å². The highest BCUT2D eigenvalue weighted by Gasteiger charge is 2.14. The van der Waals surface area contributed by atoms with Gasteiger partial charge in [-0.15, -0.1) is 0 Å². The van der Waals surface area contributed by atoms with Gasteiger partial charge in [0.15, 0.2) is 5.58 Å². The molecule has 1 aromatic heterocycles. The van der Waals surface area contributed by atoms with E-state index in [0.29, 0.717) is 28.0 Å². The topological polar surface area (TPSA) is 38.5 Å². The summed E-state index contributed by atoms with van der Waals surface area (Å²) in [6, 6.07) is 12.8. The molecule has 0 N–H and O–H groups in total. The van der Waals surface area contributed by atoms with Gasteiger partial charge in [0.2, 0.25) is 5.76 Å². The van der Waals surface area contributed by atoms with Crippen molar-refractivity contribution in [3.8, 4) is 5.75 Å². The maximum Gasteiger partial charge on any atom is 0.265 e. The van der Waals surface area contributed by atoms with E-state index in [4.69, 9.17) is 20.8 Å². The molecule has 0 aliphatic rings. The average molecular weight is 394 g/mol. The first-order valence-electron chi connectivity index (χ1n) is 6.89. The molecule has 0 bridgehead atoms. The minimum absolute atomic E-state index is 0.418. The van der Waals surface area contributed by atoms with Crippen LogP contribution in [0, 0.1) is 0 Å². The fourth-order valence-corrected chi connectivity index (χ4v) is 2.46. The fraction of sp³-hybridized carbons (Fsp3) is 0.118. The molecule has 0 aliphatic carbocycles. The molecule has 4 nitrogen and oxygen atoms in total. The van der Waals surface area contributed by atoms with Crippen molar-refractivity contribution >= 4 is 44.4 Å². The van der Waals surface area contributed by atoms with Crippen molar-refractivity contribution in [2.45, 2.75) is 0 Å². The lowest BCUT2D eigenvalue weighted by molar-refractivity contribution is 0.450. The van der Waals surface area contributed by atoms with E-state index in [1.54, 1.807) is 24.3 Å². The Hall–Kier alpha value is -1.98. The smallest absolute Gasteiger partial charge is 0.265 e. The van der Waals surface area contributed by atoms with Crippen LogP contribution in [0.5, 0.6) is 5.75 Å². The molecule has 23 heavy (non-hydrogen) atoms. The minimum atomic E-state index is 0.418. The molecule has 0 atom stereocenters. The second-order valence-corrected chi connectivity index (χ2v) is 6.50. The van der Waals surface area contributed by atoms with Crippen molar-refractivity contribution in [2.24, 2.45) is 0 Å². The van der Waals surface area contributed by atoms with Crippen molar-refractivity contribution in [1.29, 1.82) is 0 Å². The highest BCUT2D eigenvalue weighted by atomic mass is 79.9. The summed E-state index contributed by atoms with van der Waals surface area (Å²) in [6.45, 7) is 0. The first kappa shape index (κ1) is 15.9. The number of benzene rings is 2. The molecular weight excluding hydrogens is 380 g/mol. The largest absolute Gasteiger partial charge is 0.450 e. The molecule has 0 saturated heterocycles. The summed E-state index contributed by atoms with van der Waals surface area (Å²) in [5, 5.41) is 0.655. The quantitative estimate of drug-likeness (QED) is 0.572. The third kappa shape index (κ3) is 3.86. The van der Waals surface area contributed by atoms with Crippen LogP contribution in [0.1, 0.15) is 5.89 Å². The van der Waals surface area contributed by atoms with Crippen LogP contribution in [0.15, 0.2) is 57.6 Å². The molecule has 0 unspecified atom stereocenters. The van der Waals surface area contributed by atoms with Gasteiger partial charge in [-0.2, -0.15) is 0 Å². The second-order valence-electron chi connectivity index (χ2n) is 5.14. The van der Waals surface area contributed by atoms with Gasteiger partial charge in [-0.1, -0.05) is 27.5 Å². The summed E-state index contributed by atoms with van der Waals surface area (Å²) in [6.07, 6.45) is 1.81. The Morgan fingerprint density at radius 1 is 1.22 bits per heavy atom. The molecule has 1 heterocycles. The van der Waals surface area contributed by atoms with Crippen molar-refractivity contribution in [3.05, 3.63) is 64.1 Å². The van der Waals surface area contributed by atoms with Crippen LogP contribution in [0.25, 0.3) is 16.9 Å². The highest BCUT2D eigenvalue weighted by molar-refractivity contribution is 9.10. The Labute approximate surface area is 147 Å². The van der Waals surface area contributed by atoms with Gasteiger partial charge in [0, 0.05) is 29.8 Å². The second kappa shape index (κ2) is 6.64. The predicted octanol–water partition coefficient (Wildman–Crippen LogP) is 5.18. The number of rotatable bonds is 4. The summed E-state index contributed by atoms with van der Waals surface area (Å²) >= 11 is 9.33. The number of hydrogen-bond acceptors (Lipinski definition) is 4. The number of fused-ring (bicyclic) bond motifs is 1. The molecule has 3 rings (SSSR count). The minimum Gasteiger partial charge on any atom is -0.450 e. The first-order chi connectivity index (χ1) is 11.0. The number of nitrogens with zero attached hydrogens (tertiary/aromatic N) is 2. The van der Waals surface area contributed by atoms with Gasteiger partial charge >= 0.3 is 0 Å². The zero-order valence-corrected chi connectivity index (χ0v) is 14.9. The normalized spacial score (nSPS) is 11.7. The fourth-order valence-electron chi connectivity index (χ4n) is 1.99. The molecule has 6 heteroatoms. The molecular formula is C17H14BrClN2O2. The molecule has 118 valence electrons. The van der Waals surface area contributed by atoms with Crippen molar-refractivity contribution in [1.82, 2.24) is 9.88 Å². The van der Waals surface area contributed by atoms with Gasteiger partial charge in [0.05, 0.1) is 0 Å². The summed E-state index contributed by atoms with van der Waals surface area (Å²) in [5.41, 5.74) is 1.46. The summed E-state index contributed by atoms with van der Waals surface area (Å²) in [5.74, 6) is 1.59. The summed E-state index contributed by atoms with van der Waals surface area (Å²) in [4.78, 5) is 6.36. The third-order valence-corrected chi connectivity index (χ3v) is 3.72. The Kier molecular flexibility index (Phi) is 4.59. The van der Waals surface area contributed by atoms with E-state index >= 15 is 0 Å². The molecule has 0 fully saturated rings. The zero-order valence-electron chi connectivity index (χ0n) is 12.6. The van der Waals surface area contributed by atoms with Crippen molar-refractivity contribution in [2.75, 3.05) is 14.1 Å². The van der Waals surface area contributed by atoms with Gasteiger partial charge in [-0.3, -0.25) is 0 Å². The standard InChI is InChI=1S/C17H14BrClN2O2/c1-21(2)10-16(22-13-6-4-12(19)5-7-13)17-20-14-8-3-11(18)9-15(14)23-17/h3-10H,1-2H3/b16-10-. The molecule has 3 aromatic rings. The molecule has 0 spiro atoms. The number of aromatic nitrogens is 1. The van der Waals surface area contributed by atoms with E-state index in [0.717, 1.165) is 9.99 Å². The van der Waals surface area contributed by atoms with E-state index < -0.39 is 0 Å². The Morgan fingerprint density at radius 3 is 2.65 bits per heavy atom. The van der Waals surface area contributed by atoms with Gasteiger partial charge in [0.1, 0.15) is 11.3 Å². The Balaban J connectivity index is 1.98. The van der Waals surface area contributed by atoms with Crippen LogP contribution in [0.3, 0.4) is 0 Å². The van der Waals surface area contributed by atoms with Crippen LogP contribution >= 0.6 is 27.5 Å². The Morgan fingerprint density at radius 2 is 1.96 bits per heavy atom. The highest BCUT2D eigenvalue weighted by Crippen LogP contribution is 2.27. The van der Waals surface area contributed by atoms with Crippen LogP contribution in [0.2, 0.25) is 5.02 Å². The van der Waals surface area contributed by atoms with Gasteiger partial charge in [-0.25, -0.2) is 4.98 Å². The number of oxazole rings is 1. The van der Waals surface area contributed by atoms with Crippen molar-refractivity contribution in [3.63, 3.8) is 0 Å². The molecule has 0 aliphatic heterocycles. The summed E-state index contributed by atoms with van der Waals surface area (Å²) < 4.78 is 12.7.